The molecule has 1 aliphatic rings. The molecule has 1 N–H and O–H groups in total. The lowest BCUT2D eigenvalue weighted by Crippen LogP contribution is -2.58. The van der Waals surface area contributed by atoms with E-state index in [1.807, 2.05) is 48.5 Å². The van der Waals surface area contributed by atoms with Crippen molar-refractivity contribution in [3.8, 4) is 0 Å². The van der Waals surface area contributed by atoms with Gasteiger partial charge in [0.1, 0.15) is 18.3 Å². The standard InChI is InChI=1S/C31H37F2O9P/c1-3-39-43(35,40-4-2)42-31(32,33)30(34)29(38-22-26-18-12-7-13-19-26)28(37-21-25-16-10-6-11-17-25)27(41-30)23-36-20-24-14-8-5-9-15-24/h5-19,27-29,34H,3-4,20-23H2,1-2H3/t27-,28-,29+,30?/m1/s1. The predicted octanol–water partition coefficient (Wildman–Crippen LogP) is 6.25. The van der Waals surface area contributed by atoms with Crippen LogP contribution in [0.15, 0.2) is 91.0 Å². The number of benzene rings is 3. The lowest BCUT2D eigenvalue weighted by Gasteiger charge is -2.36. The first-order chi connectivity index (χ1) is 20.7. The molecule has 0 bridgehead atoms. The molecular weight excluding hydrogens is 585 g/mol. The van der Waals surface area contributed by atoms with Gasteiger partial charge in [-0.3, -0.25) is 9.05 Å². The van der Waals surface area contributed by atoms with Crippen molar-refractivity contribution in [2.24, 2.45) is 0 Å². The zero-order chi connectivity index (χ0) is 30.8. The van der Waals surface area contributed by atoms with E-state index in [2.05, 4.69) is 4.52 Å². The molecule has 0 aliphatic carbocycles. The molecule has 4 atom stereocenters. The number of phosphoric acid groups is 1. The first kappa shape index (κ1) is 33.3. The van der Waals surface area contributed by atoms with E-state index in [0.29, 0.717) is 5.56 Å². The van der Waals surface area contributed by atoms with E-state index >= 15 is 8.78 Å². The third-order valence-electron chi connectivity index (χ3n) is 6.55. The molecule has 0 saturated carbocycles. The SMILES string of the molecule is CCOP(=O)(OCC)OC(F)(F)C1(O)O[C@H](COCc2ccccc2)[C@@H](OCc2ccccc2)[C@@H]1OCc1ccccc1. The molecule has 1 unspecified atom stereocenters. The maximum Gasteiger partial charge on any atom is 0.479 e. The smallest absolute Gasteiger partial charge is 0.374 e. The molecule has 3 aromatic rings. The quantitative estimate of drug-likeness (QED) is 0.175. The minimum Gasteiger partial charge on any atom is -0.374 e. The van der Waals surface area contributed by atoms with Crippen LogP contribution >= 0.6 is 7.82 Å². The fourth-order valence-corrected chi connectivity index (χ4v) is 5.78. The normalized spacial score (nSPS) is 22.6. The molecule has 4 rings (SSSR count). The van der Waals surface area contributed by atoms with Gasteiger partial charge in [0.05, 0.1) is 39.6 Å². The minimum absolute atomic E-state index is 0.00581. The van der Waals surface area contributed by atoms with E-state index < -0.39 is 38.0 Å². The monoisotopic (exact) mass is 622 g/mol. The van der Waals surface area contributed by atoms with Crippen LogP contribution in [0.2, 0.25) is 0 Å². The van der Waals surface area contributed by atoms with Crippen molar-refractivity contribution in [1.82, 2.24) is 0 Å². The van der Waals surface area contributed by atoms with Crippen LogP contribution < -0.4 is 0 Å². The van der Waals surface area contributed by atoms with Gasteiger partial charge >= 0.3 is 13.9 Å². The molecule has 1 heterocycles. The zero-order valence-corrected chi connectivity index (χ0v) is 24.9. The van der Waals surface area contributed by atoms with Gasteiger partial charge in [0.15, 0.2) is 0 Å². The Morgan fingerprint density at radius 3 is 1.74 bits per heavy atom. The molecule has 3 aromatic carbocycles. The van der Waals surface area contributed by atoms with E-state index in [-0.39, 0.29) is 39.6 Å². The second kappa shape index (κ2) is 15.4. The predicted molar refractivity (Wildman–Crippen MR) is 153 cm³/mol. The van der Waals surface area contributed by atoms with Crippen molar-refractivity contribution in [2.75, 3.05) is 19.8 Å². The minimum atomic E-state index is -4.82. The second-order valence-electron chi connectivity index (χ2n) is 9.72. The van der Waals surface area contributed by atoms with Crippen molar-refractivity contribution in [2.45, 2.75) is 63.9 Å². The Labute approximate surface area is 250 Å². The molecule has 1 aliphatic heterocycles. The summed E-state index contributed by atoms with van der Waals surface area (Å²) in [4.78, 5) is 0. The number of alkyl halides is 2. The maximum atomic E-state index is 16.0. The van der Waals surface area contributed by atoms with Gasteiger partial charge in [-0.1, -0.05) is 91.0 Å². The molecule has 12 heteroatoms. The summed E-state index contributed by atoms with van der Waals surface area (Å²) in [6, 6.07) is 27.1. The van der Waals surface area contributed by atoms with Crippen LogP contribution in [0, 0.1) is 0 Å². The highest BCUT2D eigenvalue weighted by Gasteiger charge is 2.72. The maximum absolute atomic E-state index is 16.0. The summed E-state index contributed by atoms with van der Waals surface area (Å²) >= 11 is 0. The lowest BCUT2D eigenvalue weighted by molar-refractivity contribution is -0.402. The van der Waals surface area contributed by atoms with Crippen molar-refractivity contribution >= 4 is 7.82 Å². The molecular formula is C31H37F2O9P. The number of hydrogen-bond acceptors (Lipinski definition) is 9. The number of rotatable bonds is 17. The summed E-state index contributed by atoms with van der Waals surface area (Å²) < 4.78 is 83.0. The molecule has 0 amide bonds. The largest absolute Gasteiger partial charge is 0.479 e. The summed E-state index contributed by atoms with van der Waals surface area (Å²) in [6.07, 6.45) is -8.98. The number of hydrogen-bond donors (Lipinski definition) is 1. The fraction of sp³-hybridized carbons (Fsp3) is 0.419. The van der Waals surface area contributed by atoms with Crippen molar-refractivity contribution < 1.29 is 51.0 Å². The Balaban J connectivity index is 1.65. The van der Waals surface area contributed by atoms with Gasteiger partial charge in [-0.25, -0.2) is 9.09 Å². The summed E-state index contributed by atoms with van der Waals surface area (Å²) in [6.45, 7) is 2.10. The number of ether oxygens (including phenoxy) is 4. The van der Waals surface area contributed by atoms with Gasteiger partial charge < -0.3 is 24.1 Å². The van der Waals surface area contributed by atoms with Crippen LogP contribution in [0.1, 0.15) is 30.5 Å². The van der Waals surface area contributed by atoms with Crippen molar-refractivity contribution in [3.05, 3.63) is 108 Å². The Morgan fingerprint density at radius 2 is 1.26 bits per heavy atom. The molecule has 0 aromatic heterocycles. The third kappa shape index (κ3) is 8.76. The fourth-order valence-electron chi connectivity index (χ4n) is 4.55. The van der Waals surface area contributed by atoms with E-state index in [9.17, 15) is 9.67 Å². The lowest BCUT2D eigenvalue weighted by atomic mass is 10.0. The molecule has 0 spiro atoms. The molecule has 1 fully saturated rings. The Bertz CT molecular complexity index is 1280. The van der Waals surface area contributed by atoms with Gasteiger partial charge in [0.25, 0.3) is 5.79 Å². The topological polar surface area (TPSA) is 102 Å². The number of halogens is 2. The summed E-state index contributed by atoms with van der Waals surface area (Å²) in [5.74, 6) is -3.48. The van der Waals surface area contributed by atoms with E-state index in [1.165, 1.54) is 13.8 Å². The van der Waals surface area contributed by atoms with Crippen LogP contribution in [0.5, 0.6) is 0 Å². The summed E-state index contributed by atoms with van der Waals surface area (Å²) in [5.41, 5.74) is 2.25. The van der Waals surface area contributed by atoms with Crippen molar-refractivity contribution in [3.63, 3.8) is 0 Å². The highest BCUT2D eigenvalue weighted by atomic mass is 31.2. The van der Waals surface area contributed by atoms with Gasteiger partial charge in [-0.2, -0.15) is 8.78 Å². The zero-order valence-electron chi connectivity index (χ0n) is 24.1. The Hall–Kier alpha value is -2.57. The average Bonchev–Trinajstić information content (AvgIpc) is 3.28. The van der Waals surface area contributed by atoms with E-state index in [0.717, 1.165) is 11.1 Å². The number of phosphoric ester groups is 1. The first-order valence-corrected chi connectivity index (χ1v) is 15.5. The average molecular weight is 623 g/mol. The van der Waals surface area contributed by atoms with Crippen LogP contribution in [-0.2, 0) is 56.9 Å². The summed E-state index contributed by atoms with van der Waals surface area (Å²) in [5, 5.41) is 11.6. The summed E-state index contributed by atoms with van der Waals surface area (Å²) in [7, 11) is -4.82. The van der Waals surface area contributed by atoms with Gasteiger partial charge in [0.2, 0.25) is 0 Å². The van der Waals surface area contributed by atoms with Gasteiger partial charge in [-0.15, -0.1) is 0 Å². The van der Waals surface area contributed by atoms with Crippen molar-refractivity contribution in [1.29, 1.82) is 0 Å². The Kier molecular flexibility index (Phi) is 12.0. The van der Waals surface area contributed by atoms with E-state index in [1.54, 1.807) is 42.5 Å². The molecule has 1 saturated heterocycles. The van der Waals surface area contributed by atoms with Crippen LogP contribution in [0.4, 0.5) is 8.78 Å². The molecule has 9 nitrogen and oxygen atoms in total. The third-order valence-corrected chi connectivity index (χ3v) is 8.15. The molecule has 0 radical (unpaired) electrons. The second-order valence-corrected chi connectivity index (χ2v) is 11.3. The molecule has 234 valence electrons. The highest BCUT2D eigenvalue weighted by Crippen LogP contribution is 2.57. The van der Waals surface area contributed by atoms with Gasteiger partial charge in [0, 0.05) is 0 Å². The van der Waals surface area contributed by atoms with Gasteiger partial charge in [-0.05, 0) is 30.5 Å². The van der Waals surface area contributed by atoms with Crippen LogP contribution in [0.3, 0.4) is 0 Å². The molecule has 43 heavy (non-hydrogen) atoms. The number of aliphatic hydroxyl groups is 1. The Morgan fingerprint density at radius 1 is 0.791 bits per heavy atom. The first-order valence-electron chi connectivity index (χ1n) is 14.0. The van der Waals surface area contributed by atoms with Crippen LogP contribution in [0.25, 0.3) is 0 Å². The van der Waals surface area contributed by atoms with E-state index in [4.69, 9.17) is 28.0 Å². The highest BCUT2D eigenvalue weighted by molar-refractivity contribution is 7.48. The van der Waals surface area contributed by atoms with Crippen LogP contribution in [-0.4, -0.2) is 55.1 Å².